The van der Waals surface area contributed by atoms with Gasteiger partial charge in [0.1, 0.15) is 12.6 Å². The second-order valence-corrected chi connectivity index (χ2v) is 12.9. The SMILES string of the molecule is O=C(NC1CC1)c1ccc(-c2csc(NC(=O)C3CS[C@H](C4CCCCC4)N3C(=O)OCc3ccccc3)n2)cc1. The maximum Gasteiger partial charge on any atom is 0.411 e. The number of nitrogens with zero attached hydrogens (tertiary/aromatic N) is 2. The second kappa shape index (κ2) is 12.7. The van der Waals surface area contributed by atoms with E-state index < -0.39 is 12.1 Å². The van der Waals surface area contributed by atoms with E-state index in [1.54, 1.807) is 28.8 Å². The van der Waals surface area contributed by atoms with Crippen LogP contribution in [-0.4, -0.2) is 51.0 Å². The smallest absolute Gasteiger partial charge is 0.411 e. The Hall–Kier alpha value is -3.37. The lowest BCUT2D eigenvalue weighted by Gasteiger charge is -2.34. The number of nitrogens with one attached hydrogen (secondary N) is 2. The predicted octanol–water partition coefficient (Wildman–Crippen LogP) is 6.30. The zero-order valence-electron chi connectivity index (χ0n) is 22.8. The highest BCUT2D eigenvalue weighted by Crippen LogP contribution is 2.41. The third-order valence-corrected chi connectivity index (χ3v) is 10.1. The number of amides is 3. The minimum atomic E-state index is -0.633. The minimum Gasteiger partial charge on any atom is -0.445 e. The number of thiazole rings is 1. The molecule has 214 valence electrons. The molecule has 0 spiro atoms. The van der Waals surface area contributed by atoms with Gasteiger partial charge in [-0.3, -0.25) is 14.5 Å². The molecule has 1 aliphatic heterocycles. The zero-order chi connectivity index (χ0) is 28.2. The van der Waals surface area contributed by atoms with Gasteiger partial charge in [0.2, 0.25) is 5.91 Å². The van der Waals surface area contributed by atoms with Crippen LogP contribution in [0.25, 0.3) is 11.3 Å². The third-order valence-electron chi connectivity index (χ3n) is 7.90. The summed E-state index contributed by atoms with van der Waals surface area (Å²) in [5, 5.41) is 8.24. The molecule has 3 fully saturated rings. The first-order valence-corrected chi connectivity index (χ1v) is 16.3. The summed E-state index contributed by atoms with van der Waals surface area (Å²) in [6, 6.07) is 16.6. The van der Waals surface area contributed by atoms with E-state index in [0.717, 1.165) is 55.3 Å². The molecule has 2 heterocycles. The van der Waals surface area contributed by atoms with Crippen LogP contribution in [0, 0.1) is 5.92 Å². The van der Waals surface area contributed by atoms with E-state index >= 15 is 0 Å². The highest BCUT2D eigenvalue weighted by atomic mass is 32.2. The average molecular weight is 591 g/mol. The van der Waals surface area contributed by atoms with Crippen molar-refractivity contribution in [2.24, 2.45) is 5.92 Å². The van der Waals surface area contributed by atoms with Crippen LogP contribution in [-0.2, 0) is 16.1 Å². The first kappa shape index (κ1) is 27.8. The number of carbonyl (C=O) groups is 3. The monoisotopic (exact) mass is 590 g/mol. The lowest BCUT2D eigenvalue weighted by atomic mass is 9.88. The van der Waals surface area contributed by atoms with Crippen molar-refractivity contribution >= 4 is 46.1 Å². The molecule has 6 rings (SSSR count). The van der Waals surface area contributed by atoms with E-state index in [9.17, 15) is 14.4 Å². The molecule has 0 bridgehead atoms. The molecular formula is C31H34N4O4S2. The van der Waals surface area contributed by atoms with Gasteiger partial charge in [-0.15, -0.1) is 23.1 Å². The Morgan fingerprint density at radius 2 is 1.71 bits per heavy atom. The zero-order valence-corrected chi connectivity index (χ0v) is 24.4. The molecule has 10 heteroatoms. The van der Waals surface area contributed by atoms with Crippen molar-refractivity contribution in [1.29, 1.82) is 0 Å². The van der Waals surface area contributed by atoms with E-state index in [1.807, 2.05) is 47.8 Å². The number of hydrogen-bond donors (Lipinski definition) is 2. The molecule has 2 saturated carbocycles. The third kappa shape index (κ3) is 6.76. The Kier molecular flexibility index (Phi) is 8.57. The largest absolute Gasteiger partial charge is 0.445 e. The van der Waals surface area contributed by atoms with Crippen molar-refractivity contribution in [2.75, 3.05) is 11.1 Å². The molecule has 2 N–H and O–H groups in total. The molecule has 41 heavy (non-hydrogen) atoms. The summed E-state index contributed by atoms with van der Waals surface area (Å²) >= 11 is 3.02. The van der Waals surface area contributed by atoms with Crippen LogP contribution in [0.2, 0.25) is 0 Å². The van der Waals surface area contributed by atoms with E-state index in [1.165, 1.54) is 17.8 Å². The van der Waals surface area contributed by atoms with Crippen molar-refractivity contribution in [1.82, 2.24) is 15.2 Å². The lowest BCUT2D eigenvalue weighted by Crippen LogP contribution is -2.50. The van der Waals surface area contributed by atoms with Gasteiger partial charge in [0.05, 0.1) is 11.1 Å². The first-order valence-electron chi connectivity index (χ1n) is 14.3. The van der Waals surface area contributed by atoms with Crippen molar-refractivity contribution in [2.45, 2.75) is 69.0 Å². The van der Waals surface area contributed by atoms with Gasteiger partial charge in [0, 0.05) is 28.3 Å². The molecule has 1 aromatic heterocycles. The number of aromatic nitrogens is 1. The summed E-state index contributed by atoms with van der Waals surface area (Å²) in [6.45, 7) is 0.170. The summed E-state index contributed by atoms with van der Waals surface area (Å²) in [5.74, 6) is 0.575. The number of anilines is 1. The van der Waals surface area contributed by atoms with Crippen LogP contribution < -0.4 is 10.6 Å². The van der Waals surface area contributed by atoms with Gasteiger partial charge in [-0.05, 0) is 49.3 Å². The number of rotatable bonds is 8. The van der Waals surface area contributed by atoms with Gasteiger partial charge in [-0.25, -0.2) is 9.78 Å². The number of carbonyl (C=O) groups excluding carboxylic acids is 3. The summed E-state index contributed by atoms with van der Waals surface area (Å²) in [5.41, 5.74) is 3.12. The summed E-state index contributed by atoms with van der Waals surface area (Å²) < 4.78 is 5.73. The standard InChI is InChI=1S/C31H34N4O4S2/c36-27(32-24-15-16-24)22-13-11-21(12-14-22)25-18-41-30(33-25)34-28(37)26-19-40-29(23-9-5-2-6-10-23)35(26)31(38)39-17-20-7-3-1-4-8-20/h1,3-4,7-8,11-14,18,23-24,26,29H,2,5-6,9-10,15-17,19H2,(H,32,36)(H,33,34,37)/t26?,29-/m1/s1. The molecule has 2 aliphatic carbocycles. The van der Waals surface area contributed by atoms with Crippen molar-refractivity contribution in [3.63, 3.8) is 0 Å². The van der Waals surface area contributed by atoms with E-state index in [2.05, 4.69) is 15.6 Å². The van der Waals surface area contributed by atoms with Crippen LogP contribution in [0.3, 0.4) is 0 Å². The Balaban J connectivity index is 1.12. The number of thioether (sulfide) groups is 1. The maximum absolute atomic E-state index is 13.5. The fourth-order valence-electron chi connectivity index (χ4n) is 5.48. The number of hydrogen-bond acceptors (Lipinski definition) is 7. The molecule has 0 radical (unpaired) electrons. The van der Waals surface area contributed by atoms with Gasteiger partial charge in [-0.1, -0.05) is 61.7 Å². The van der Waals surface area contributed by atoms with Crippen LogP contribution in [0.1, 0.15) is 60.9 Å². The summed E-state index contributed by atoms with van der Waals surface area (Å²) in [4.78, 5) is 45.6. The molecule has 2 aromatic carbocycles. The van der Waals surface area contributed by atoms with Gasteiger partial charge >= 0.3 is 6.09 Å². The van der Waals surface area contributed by atoms with Crippen molar-refractivity contribution in [3.05, 3.63) is 71.1 Å². The highest BCUT2D eigenvalue weighted by Gasteiger charge is 2.46. The van der Waals surface area contributed by atoms with Crippen LogP contribution in [0.4, 0.5) is 9.93 Å². The first-order chi connectivity index (χ1) is 20.0. The van der Waals surface area contributed by atoms with Gasteiger partial charge in [-0.2, -0.15) is 0 Å². The molecule has 3 amide bonds. The number of benzene rings is 2. The fourth-order valence-corrected chi connectivity index (χ4v) is 7.83. The van der Waals surface area contributed by atoms with Gasteiger partial charge in [0.25, 0.3) is 5.91 Å². The molecule has 8 nitrogen and oxygen atoms in total. The molecule has 2 atom stereocenters. The Labute approximate surface area is 248 Å². The Morgan fingerprint density at radius 3 is 2.44 bits per heavy atom. The Morgan fingerprint density at radius 1 is 0.951 bits per heavy atom. The lowest BCUT2D eigenvalue weighted by molar-refractivity contribution is -0.120. The average Bonchev–Trinajstić information content (AvgIpc) is 3.51. The number of ether oxygens (including phenoxy) is 1. The predicted molar refractivity (Wildman–Crippen MR) is 162 cm³/mol. The van der Waals surface area contributed by atoms with Crippen LogP contribution in [0.5, 0.6) is 0 Å². The minimum absolute atomic E-state index is 0.0573. The summed E-state index contributed by atoms with van der Waals surface area (Å²) in [7, 11) is 0. The van der Waals surface area contributed by atoms with Gasteiger partial charge < -0.3 is 15.4 Å². The maximum atomic E-state index is 13.5. The highest BCUT2D eigenvalue weighted by molar-refractivity contribution is 8.00. The summed E-state index contributed by atoms with van der Waals surface area (Å²) in [6.07, 6.45) is 7.30. The van der Waals surface area contributed by atoms with E-state index in [0.29, 0.717) is 28.4 Å². The molecule has 1 saturated heterocycles. The normalized spacial score (nSPS) is 20.9. The molecule has 3 aliphatic rings. The molecule has 1 unspecified atom stereocenters. The van der Waals surface area contributed by atoms with Gasteiger partial charge in [0.15, 0.2) is 5.13 Å². The van der Waals surface area contributed by atoms with Crippen LogP contribution in [0.15, 0.2) is 60.0 Å². The Bertz CT molecular complexity index is 1370. The quantitative estimate of drug-likeness (QED) is 0.319. The molecular weight excluding hydrogens is 556 g/mol. The second-order valence-electron chi connectivity index (χ2n) is 10.9. The van der Waals surface area contributed by atoms with Crippen molar-refractivity contribution in [3.8, 4) is 11.3 Å². The molecule has 3 aromatic rings. The fraction of sp³-hybridized carbons (Fsp3) is 0.419. The van der Waals surface area contributed by atoms with E-state index in [4.69, 9.17) is 4.74 Å². The van der Waals surface area contributed by atoms with Crippen molar-refractivity contribution < 1.29 is 19.1 Å². The van der Waals surface area contributed by atoms with E-state index in [-0.39, 0.29) is 23.8 Å². The topological polar surface area (TPSA) is 101 Å². The van der Waals surface area contributed by atoms with Crippen LogP contribution >= 0.6 is 23.1 Å².